The highest BCUT2D eigenvalue weighted by atomic mass is 35.5. The predicted octanol–water partition coefficient (Wildman–Crippen LogP) is 4.85. The summed E-state index contributed by atoms with van der Waals surface area (Å²) in [6, 6.07) is 10.6. The zero-order valence-corrected chi connectivity index (χ0v) is 16.2. The largest absolute Gasteiger partial charge is 0.422 e. The summed E-state index contributed by atoms with van der Waals surface area (Å²) < 4.78 is 6.23. The van der Waals surface area contributed by atoms with Gasteiger partial charge in [0.15, 0.2) is 5.13 Å². The first-order chi connectivity index (χ1) is 12.9. The highest BCUT2D eigenvalue weighted by Gasteiger charge is 2.14. The Balaban J connectivity index is 1.65. The summed E-state index contributed by atoms with van der Waals surface area (Å²) in [7, 11) is 0. The summed E-state index contributed by atoms with van der Waals surface area (Å²) in [4.78, 5) is 28.8. The number of aryl methyl sites for hydroxylation is 2. The second-order valence-electron chi connectivity index (χ2n) is 6.41. The third-order valence-electron chi connectivity index (χ3n) is 4.21. The smallest absolute Gasteiger partial charge is 0.336 e. The van der Waals surface area contributed by atoms with Crippen LogP contribution < -0.4 is 10.9 Å². The van der Waals surface area contributed by atoms with E-state index in [1.165, 1.54) is 17.4 Å². The minimum atomic E-state index is -0.466. The van der Waals surface area contributed by atoms with Crippen LogP contribution in [0.15, 0.2) is 45.6 Å². The number of carbonyl (C=O) groups excluding carboxylic acids is 1. The molecule has 4 aromatic rings. The number of nitrogens with zero attached hydrogens (tertiary/aromatic N) is 1. The summed E-state index contributed by atoms with van der Waals surface area (Å²) in [6.07, 6.45) is 0.0572. The second-order valence-corrected chi connectivity index (χ2v) is 7.87. The molecular weight excluding hydrogens is 384 g/mol. The summed E-state index contributed by atoms with van der Waals surface area (Å²) in [5.74, 6) is -0.244. The number of thiazole rings is 1. The van der Waals surface area contributed by atoms with Gasteiger partial charge >= 0.3 is 5.63 Å². The quantitative estimate of drug-likeness (QED) is 0.500. The third-order valence-corrected chi connectivity index (χ3v) is 5.38. The third kappa shape index (κ3) is 3.59. The molecule has 0 aliphatic heterocycles. The molecule has 1 N–H and O–H groups in total. The van der Waals surface area contributed by atoms with E-state index in [9.17, 15) is 9.59 Å². The maximum Gasteiger partial charge on any atom is 0.336 e. The van der Waals surface area contributed by atoms with Crippen molar-refractivity contribution >= 4 is 55.2 Å². The van der Waals surface area contributed by atoms with Crippen molar-refractivity contribution in [3.05, 3.63) is 68.5 Å². The summed E-state index contributed by atoms with van der Waals surface area (Å²) in [5.41, 5.74) is 3.37. The molecule has 2 aromatic carbocycles. The van der Waals surface area contributed by atoms with Crippen LogP contribution in [0, 0.1) is 13.8 Å². The molecule has 5 nitrogen and oxygen atoms in total. The van der Waals surface area contributed by atoms with Gasteiger partial charge in [-0.1, -0.05) is 29.0 Å². The molecule has 0 unspecified atom stereocenters. The van der Waals surface area contributed by atoms with Gasteiger partial charge < -0.3 is 9.73 Å². The molecule has 2 heterocycles. The monoisotopic (exact) mass is 398 g/mol. The molecule has 27 heavy (non-hydrogen) atoms. The first kappa shape index (κ1) is 17.7. The van der Waals surface area contributed by atoms with Crippen molar-refractivity contribution in [2.45, 2.75) is 20.3 Å². The Hall–Kier alpha value is -2.70. The van der Waals surface area contributed by atoms with Gasteiger partial charge in [0.1, 0.15) is 5.58 Å². The van der Waals surface area contributed by atoms with Crippen molar-refractivity contribution in [3.63, 3.8) is 0 Å². The number of fused-ring (bicyclic) bond motifs is 2. The molecule has 0 aliphatic rings. The van der Waals surface area contributed by atoms with Crippen molar-refractivity contribution in [1.82, 2.24) is 4.98 Å². The lowest BCUT2D eigenvalue weighted by atomic mass is 10.0. The van der Waals surface area contributed by atoms with E-state index >= 15 is 0 Å². The molecule has 0 atom stereocenters. The number of benzene rings is 2. The fraction of sp³-hybridized carbons (Fsp3) is 0.150. The lowest BCUT2D eigenvalue weighted by Gasteiger charge is -2.08. The Morgan fingerprint density at radius 3 is 2.85 bits per heavy atom. The molecule has 0 aliphatic carbocycles. The summed E-state index contributed by atoms with van der Waals surface area (Å²) >= 11 is 7.34. The van der Waals surface area contributed by atoms with Crippen LogP contribution in [0.5, 0.6) is 0 Å². The number of halogens is 1. The molecule has 0 fully saturated rings. The van der Waals surface area contributed by atoms with E-state index in [1.807, 2.05) is 38.1 Å². The minimum absolute atomic E-state index is 0.0572. The van der Waals surface area contributed by atoms with Crippen molar-refractivity contribution < 1.29 is 9.21 Å². The van der Waals surface area contributed by atoms with E-state index < -0.39 is 5.63 Å². The molecule has 0 spiro atoms. The fourth-order valence-corrected chi connectivity index (χ4v) is 4.27. The summed E-state index contributed by atoms with van der Waals surface area (Å²) in [6.45, 7) is 3.85. The number of rotatable bonds is 3. The molecule has 2 aromatic heterocycles. The molecule has 136 valence electrons. The number of nitrogens with one attached hydrogen (secondary N) is 1. The molecular formula is C20H15ClN2O3S. The van der Waals surface area contributed by atoms with Crippen molar-refractivity contribution in [2.75, 3.05) is 5.32 Å². The maximum atomic E-state index is 12.5. The van der Waals surface area contributed by atoms with Gasteiger partial charge in [-0.2, -0.15) is 0 Å². The van der Waals surface area contributed by atoms with Crippen LogP contribution in [0.2, 0.25) is 5.02 Å². The van der Waals surface area contributed by atoms with E-state index in [1.54, 1.807) is 6.07 Å². The van der Waals surface area contributed by atoms with Crippen LogP contribution in [-0.2, 0) is 11.2 Å². The van der Waals surface area contributed by atoms with Gasteiger partial charge in [0.2, 0.25) is 5.91 Å². The average Bonchev–Trinajstić information content (AvgIpc) is 2.97. The molecule has 0 radical (unpaired) electrons. The SMILES string of the molecule is Cc1cc(C)c2oc(=O)cc(CC(=O)Nc3nc4ccc(Cl)cc4s3)c2c1. The topological polar surface area (TPSA) is 72.2 Å². The minimum Gasteiger partial charge on any atom is -0.422 e. The molecule has 0 bridgehead atoms. The molecule has 4 rings (SSSR count). The Morgan fingerprint density at radius 1 is 1.22 bits per heavy atom. The maximum absolute atomic E-state index is 12.5. The van der Waals surface area contributed by atoms with Crippen molar-refractivity contribution in [3.8, 4) is 0 Å². The van der Waals surface area contributed by atoms with E-state index in [4.69, 9.17) is 16.0 Å². The number of anilines is 1. The average molecular weight is 399 g/mol. The Labute approximate surface area is 163 Å². The van der Waals surface area contributed by atoms with Crippen LogP contribution in [0.3, 0.4) is 0 Å². The van der Waals surface area contributed by atoms with Crippen LogP contribution in [-0.4, -0.2) is 10.9 Å². The van der Waals surface area contributed by atoms with E-state index in [0.717, 1.165) is 26.7 Å². The van der Waals surface area contributed by atoms with Crippen molar-refractivity contribution in [2.24, 2.45) is 0 Å². The van der Waals surface area contributed by atoms with Crippen LogP contribution in [0.1, 0.15) is 16.7 Å². The van der Waals surface area contributed by atoms with Gasteiger partial charge in [0.05, 0.1) is 16.6 Å². The highest BCUT2D eigenvalue weighted by Crippen LogP contribution is 2.29. The fourth-order valence-electron chi connectivity index (χ4n) is 3.11. The molecule has 1 amide bonds. The van der Waals surface area contributed by atoms with Gasteiger partial charge in [-0.3, -0.25) is 4.79 Å². The zero-order valence-electron chi connectivity index (χ0n) is 14.6. The Bertz CT molecular complexity index is 1260. The lowest BCUT2D eigenvalue weighted by molar-refractivity contribution is -0.115. The molecule has 0 saturated heterocycles. The van der Waals surface area contributed by atoms with Crippen LogP contribution in [0.4, 0.5) is 5.13 Å². The first-order valence-electron chi connectivity index (χ1n) is 8.29. The van der Waals surface area contributed by atoms with Gasteiger partial charge in [-0.05, 0) is 54.8 Å². The number of carbonyl (C=O) groups is 1. The predicted molar refractivity (Wildman–Crippen MR) is 109 cm³/mol. The van der Waals surface area contributed by atoms with Crippen LogP contribution >= 0.6 is 22.9 Å². The van der Waals surface area contributed by atoms with Crippen molar-refractivity contribution in [1.29, 1.82) is 0 Å². The van der Waals surface area contributed by atoms with Gasteiger partial charge in [-0.15, -0.1) is 0 Å². The zero-order chi connectivity index (χ0) is 19.1. The molecule has 0 saturated carbocycles. The van der Waals surface area contributed by atoms with E-state index in [0.29, 0.717) is 21.3 Å². The second kappa shape index (κ2) is 6.79. The normalized spacial score (nSPS) is 11.2. The standard InChI is InChI=1S/C20H15ClN2O3S/c1-10-5-11(2)19-14(6-10)12(8-18(25)26-19)7-17(24)23-20-22-15-4-3-13(21)9-16(15)27-20/h3-6,8-9H,7H2,1-2H3,(H,22,23,24). The van der Waals surface area contributed by atoms with E-state index in [2.05, 4.69) is 10.3 Å². The van der Waals surface area contributed by atoms with Crippen LogP contribution in [0.25, 0.3) is 21.2 Å². The number of amides is 1. The number of aromatic nitrogens is 1. The highest BCUT2D eigenvalue weighted by molar-refractivity contribution is 7.22. The Kier molecular flexibility index (Phi) is 4.45. The Morgan fingerprint density at radius 2 is 2.04 bits per heavy atom. The van der Waals surface area contributed by atoms with Gasteiger partial charge in [0.25, 0.3) is 0 Å². The first-order valence-corrected chi connectivity index (χ1v) is 9.48. The van der Waals surface area contributed by atoms with Gasteiger partial charge in [0, 0.05) is 16.5 Å². The lowest BCUT2D eigenvalue weighted by Crippen LogP contribution is -2.15. The summed E-state index contributed by atoms with van der Waals surface area (Å²) in [5, 5.41) is 4.70. The molecule has 7 heteroatoms. The number of hydrogen-bond acceptors (Lipinski definition) is 5. The van der Waals surface area contributed by atoms with E-state index in [-0.39, 0.29) is 12.3 Å². The van der Waals surface area contributed by atoms with Gasteiger partial charge in [-0.25, -0.2) is 9.78 Å². The number of hydrogen-bond donors (Lipinski definition) is 1.